The highest BCUT2D eigenvalue weighted by Gasteiger charge is 2.49. The van der Waals surface area contributed by atoms with Gasteiger partial charge in [0.15, 0.2) is 5.41 Å². The fraction of sp³-hybridized carbons (Fsp3) is 0.667. The van der Waals surface area contributed by atoms with Crippen LogP contribution in [0.4, 0.5) is 0 Å². The highest BCUT2D eigenvalue weighted by atomic mass is 79.9. The number of carbonyl (C=O) groups excluding carboxylic acids is 2. The molecule has 0 heterocycles. The second kappa shape index (κ2) is 6.19. The minimum Gasteiger partial charge on any atom is -0.465 e. The van der Waals surface area contributed by atoms with E-state index in [-0.39, 0.29) is 13.2 Å². The lowest BCUT2D eigenvalue weighted by Crippen LogP contribution is -2.43. The molecule has 0 aliphatic heterocycles. The molecule has 17 heavy (non-hydrogen) atoms. The Kier molecular flexibility index (Phi) is 5.18. The molecule has 1 aliphatic rings. The first-order valence-electron chi connectivity index (χ1n) is 5.75. The summed E-state index contributed by atoms with van der Waals surface area (Å²) in [5.74, 6) is -0.966. The Balaban J connectivity index is 2.96. The average molecular weight is 305 g/mol. The first-order chi connectivity index (χ1) is 8.06. The van der Waals surface area contributed by atoms with Crippen molar-refractivity contribution in [1.29, 1.82) is 0 Å². The third-order valence-electron chi connectivity index (χ3n) is 2.74. The van der Waals surface area contributed by atoms with Crippen LogP contribution in [0.2, 0.25) is 0 Å². The van der Waals surface area contributed by atoms with E-state index in [4.69, 9.17) is 9.47 Å². The van der Waals surface area contributed by atoms with Crippen LogP contribution < -0.4 is 0 Å². The van der Waals surface area contributed by atoms with Crippen molar-refractivity contribution in [3.8, 4) is 0 Å². The van der Waals surface area contributed by atoms with Gasteiger partial charge in [0.1, 0.15) is 0 Å². The average Bonchev–Trinajstić information content (AvgIpc) is 2.29. The number of rotatable bonds is 4. The topological polar surface area (TPSA) is 52.6 Å². The zero-order chi connectivity index (χ0) is 12.9. The van der Waals surface area contributed by atoms with Gasteiger partial charge in [0, 0.05) is 6.42 Å². The van der Waals surface area contributed by atoms with Gasteiger partial charge in [0.05, 0.1) is 13.2 Å². The van der Waals surface area contributed by atoms with E-state index in [9.17, 15) is 9.59 Å². The van der Waals surface area contributed by atoms with Crippen molar-refractivity contribution >= 4 is 27.9 Å². The van der Waals surface area contributed by atoms with Crippen LogP contribution >= 0.6 is 15.9 Å². The van der Waals surface area contributed by atoms with E-state index in [2.05, 4.69) is 15.9 Å². The highest BCUT2D eigenvalue weighted by molar-refractivity contribution is 9.11. The van der Waals surface area contributed by atoms with E-state index in [0.29, 0.717) is 19.3 Å². The van der Waals surface area contributed by atoms with Crippen molar-refractivity contribution in [2.24, 2.45) is 5.41 Å². The van der Waals surface area contributed by atoms with Crippen LogP contribution in [-0.2, 0) is 19.1 Å². The van der Waals surface area contributed by atoms with Crippen LogP contribution in [0.3, 0.4) is 0 Å². The van der Waals surface area contributed by atoms with E-state index >= 15 is 0 Å². The second-order valence-electron chi connectivity index (χ2n) is 3.89. The molecule has 0 amide bonds. The minimum absolute atomic E-state index is 0.265. The molecule has 0 fully saturated rings. The lowest BCUT2D eigenvalue weighted by molar-refractivity contribution is -0.172. The predicted octanol–water partition coefficient (Wildman–Crippen LogP) is 2.56. The van der Waals surface area contributed by atoms with Crippen molar-refractivity contribution in [3.63, 3.8) is 0 Å². The number of halogens is 1. The Morgan fingerprint density at radius 2 is 1.82 bits per heavy atom. The van der Waals surface area contributed by atoms with Gasteiger partial charge in [-0.2, -0.15) is 0 Å². The summed E-state index contributed by atoms with van der Waals surface area (Å²) < 4.78 is 10.9. The first kappa shape index (κ1) is 14.2. The van der Waals surface area contributed by atoms with Gasteiger partial charge in [0.25, 0.3) is 0 Å². The fourth-order valence-corrected chi connectivity index (χ4v) is 2.60. The molecule has 0 radical (unpaired) electrons. The molecule has 0 unspecified atom stereocenters. The van der Waals surface area contributed by atoms with Crippen LogP contribution in [0.25, 0.3) is 0 Å². The standard InChI is InChI=1S/C12H17BrO4/c1-3-16-10(14)12(11(15)17-4-2)7-5-6-9(13)8-12/h6H,3-5,7-8H2,1-2H3. The molecular weight excluding hydrogens is 288 g/mol. The maximum absolute atomic E-state index is 12.0. The normalized spacial score (nSPS) is 18.2. The molecule has 0 bridgehead atoms. The lowest BCUT2D eigenvalue weighted by Gasteiger charge is -2.31. The van der Waals surface area contributed by atoms with Gasteiger partial charge >= 0.3 is 11.9 Å². The molecule has 96 valence electrons. The summed E-state index contributed by atoms with van der Waals surface area (Å²) in [6.07, 6.45) is 3.40. The van der Waals surface area contributed by atoms with Gasteiger partial charge in [-0.3, -0.25) is 9.59 Å². The van der Waals surface area contributed by atoms with Crippen LogP contribution in [0, 0.1) is 5.41 Å². The van der Waals surface area contributed by atoms with Crippen LogP contribution in [0.15, 0.2) is 10.6 Å². The zero-order valence-corrected chi connectivity index (χ0v) is 11.7. The van der Waals surface area contributed by atoms with Crippen molar-refractivity contribution in [1.82, 2.24) is 0 Å². The Labute approximate surface area is 109 Å². The molecule has 4 nitrogen and oxygen atoms in total. The zero-order valence-electron chi connectivity index (χ0n) is 10.1. The van der Waals surface area contributed by atoms with Crippen molar-refractivity contribution in [2.45, 2.75) is 33.1 Å². The molecule has 5 heteroatoms. The molecule has 0 saturated carbocycles. The quantitative estimate of drug-likeness (QED) is 0.592. The number of esters is 2. The lowest BCUT2D eigenvalue weighted by atomic mass is 9.77. The number of ether oxygens (including phenoxy) is 2. The number of allylic oxidation sites excluding steroid dienone is 2. The minimum atomic E-state index is -1.17. The fourth-order valence-electron chi connectivity index (χ4n) is 1.89. The molecule has 0 aromatic heterocycles. The summed E-state index contributed by atoms with van der Waals surface area (Å²) in [7, 11) is 0. The summed E-state index contributed by atoms with van der Waals surface area (Å²) in [6.45, 7) is 3.98. The van der Waals surface area contributed by atoms with Crippen LogP contribution in [-0.4, -0.2) is 25.2 Å². The van der Waals surface area contributed by atoms with Gasteiger partial charge in [-0.15, -0.1) is 0 Å². The van der Waals surface area contributed by atoms with E-state index < -0.39 is 17.4 Å². The van der Waals surface area contributed by atoms with E-state index in [1.165, 1.54) is 0 Å². The van der Waals surface area contributed by atoms with Crippen LogP contribution in [0.5, 0.6) is 0 Å². The Morgan fingerprint density at radius 3 is 2.24 bits per heavy atom. The molecule has 1 rings (SSSR count). The van der Waals surface area contributed by atoms with Gasteiger partial charge in [-0.05, 0) is 31.2 Å². The first-order valence-corrected chi connectivity index (χ1v) is 6.55. The molecule has 1 aliphatic carbocycles. The monoisotopic (exact) mass is 304 g/mol. The van der Waals surface area contributed by atoms with Gasteiger partial charge in [-0.25, -0.2) is 0 Å². The summed E-state index contributed by atoms with van der Waals surface area (Å²) in [5, 5.41) is 0. The number of hydrogen-bond donors (Lipinski definition) is 0. The smallest absolute Gasteiger partial charge is 0.323 e. The molecular formula is C12H17BrO4. The highest BCUT2D eigenvalue weighted by Crippen LogP contribution is 2.40. The molecule has 0 spiro atoms. The maximum atomic E-state index is 12.0. The summed E-state index contributed by atoms with van der Waals surface area (Å²) in [6, 6.07) is 0. The summed E-state index contributed by atoms with van der Waals surface area (Å²) >= 11 is 3.35. The molecule has 0 aromatic carbocycles. The van der Waals surface area contributed by atoms with Crippen molar-refractivity contribution < 1.29 is 19.1 Å². The third kappa shape index (κ3) is 3.09. The second-order valence-corrected chi connectivity index (χ2v) is 4.91. The predicted molar refractivity (Wildman–Crippen MR) is 66.6 cm³/mol. The Morgan fingerprint density at radius 1 is 1.29 bits per heavy atom. The molecule has 0 saturated heterocycles. The maximum Gasteiger partial charge on any atom is 0.323 e. The van der Waals surface area contributed by atoms with Gasteiger partial charge < -0.3 is 9.47 Å². The molecule has 0 atom stereocenters. The van der Waals surface area contributed by atoms with Crippen molar-refractivity contribution in [2.75, 3.05) is 13.2 Å². The third-order valence-corrected chi connectivity index (χ3v) is 3.34. The molecule has 0 aromatic rings. The Bertz CT molecular complexity index is 317. The number of carbonyl (C=O) groups is 2. The Hall–Kier alpha value is -0.840. The summed E-state index contributed by atoms with van der Waals surface area (Å²) in [5.41, 5.74) is -1.17. The number of hydrogen-bond acceptors (Lipinski definition) is 4. The van der Waals surface area contributed by atoms with E-state index in [1.54, 1.807) is 13.8 Å². The SMILES string of the molecule is CCOC(=O)C1(C(=O)OCC)CCC=C(Br)C1. The van der Waals surface area contributed by atoms with E-state index in [0.717, 1.165) is 4.48 Å². The van der Waals surface area contributed by atoms with Crippen LogP contribution in [0.1, 0.15) is 33.1 Å². The molecule has 0 N–H and O–H groups in total. The van der Waals surface area contributed by atoms with Gasteiger partial charge in [-0.1, -0.05) is 22.0 Å². The van der Waals surface area contributed by atoms with Gasteiger partial charge in [0.2, 0.25) is 0 Å². The largest absolute Gasteiger partial charge is 0.465 e. The van der Waals surface area contributed by atoms with Crippen molar-refractivity contribution in [3.05, 3.63) is 10.6 Å². The summed E-state index contributed by atoms with van der Waals surface area (Å²) in [4.78, 5) is 24.0. The van der Waals surface area contributed by atoms with E-state index in [1.807, 2.05) is 6.08 Å².